The number of nitrogens with zero attached hydrogens (tertiary/aromatic N) is 2. The van der Waals surface area contributed by atoms with Crippen molar-refractivity contribution in [3.63, 3.8) is 0 Å². The minimum atomic E-state index is -4.49. The summed E-state index contributed by atoms with van der Waals surface area (Å²) >= 11 is 6.12. The van der Waals surface area contributed by atoms with Crippen molar-refractivity contribution in [2.24, 2.45) is 0 Å². The third-order valence-corrected chi connectivity index (χ3v) is 4.42. The van der Waals surface area contributed by atoms with Gasteiger partial charge in [0.2, 0.25) is 5.95 Å². The molecule has 0 aliphatic carbocycles. The Balaban J connectivity index is 1.87. The van der Waals surface area contributed by atoms with Crippen LogP contribution in [0.3, 0.4) is 0 Å². The molecule has 0 saturated heterocycles. The van der Waals surface area contributed by atoms with Crippen molar-refractivity contribution in [1.82, 2.24) is 9.97 Å². The molecule has 0 saturated carbocycles. The highest BCUT2D eigenvalue weighted by atomic mass is 35.5. The molecular weight excluding hydrogens is 387 g/mol. The van der Waals surface area contributed by atoms with Gasteiger partial charge in [0.25, 0.3) is 0 Å². The SMILES string of the molecule is FC(F)(F)c1ccccc1Nc1nc(-c2ccccc2)c2cc(Cl)ccc2n1. The van der Waals surface area contributed by atoms with Crippen molar-refractivity contribution in [2.45, 2.75) is 6.18 Å². The second-order valence-electron chi connectivity index (χ2n) is 6.09. The number of benzene rings is 3. The van der Waals surface area contributed by atoms with Crippen molar-refractivity contribution in [3.05, 3.63) is 83.4 Å². The molecule has 4 rings (SSSR count). The average molecular weight is 400 g/mol. The van der Waals surface area contributed by atoms with Gasteiger partial charge in [-0.3, -0.25) is 0 Å². The summed E-state index contributed by atoms with van der Waals surface area (Å²) in [6.07, 6.45) is -4.49. The summed E-state index contributed by atoms with van der Waals surface area (Å²) in [7, 11) is 0. The molecule has 1 N–H and O–H groups in total. The fourth-order valence-corrected chi connectivity index (χ4v) is 3.10. The topological polar surface area (TPSA) is 37.8 Å². The predicted octanol–water partition coefficient (Wildman–Crippen LogP) is 6.71. The van der Waals surface area contributed by atoms with Gasteiger partial charge in [-0.25, -0.2) is 9.97 Å². The zero-order valence-electron chi connectivity index (χ0n) is 14.3. The van der Waals surface area contributed by atoms with E-state index in [1.807, 2.05) is 30.3 Å². The quantitative estimate of drug-likeness (QED) is 0.416. The molecule has 140 valence electrons. The number of rotatable bonds is 3. The smallest absolute Gasteiger partial charge is 0.324 e. The number of halogens is 4. The Morgan fingerprint density at radius 3 is 2.29 bits per heavy atom. The maximum Gasteiger partial charge on any atom is 0.418 e. The highest BCUT2D eigenvalue weighted by molar-refractivity contribution is 6.31. The van der Waals surface area contributed by atoms with Gasteiger partial charge in [0.15, 0.2) is 0 Å². The lowest BCUT2D eigenvalue weighted by Gasteiger charge is -2.15. The first-order valence-corrected chi connectivity index (χ1v) is 8.75. The van der Waals surface area contributed by atoms with E-state index >= 15 is 0 Å². The molecule has 3 nitrogen and oxygen atoms in total. The van der Waals surface area contributed by atoms with Crippen molar-refractivity contribution in [3.8, 4) is 11.3 Å². The van der Waals surface area contributed by atoms with Crippen LogP contribution in [-0.4, -0.2) is 9.97 Å². The molecule has 1 heterocycles. The average Bonchev–Trinajstić information content (AvgIpc) is 2.68. The van der Waals surface area contributed by atoms with Gasteiger partial charge >= 0.3 is 6.18 Å². The van der Waals surface area contributed by atoms with Gasteiger partial charge in [-0.2, -0.15) is 13.2 Å². The summed E-state index contributed by atoms with van der Waals surface area (Å²) in [6, 6.07) is 19.7. The third-order valence-electron chi connectivity index (χ3n) is 4.18. The Morgan fingerprint density at radius 1 is 0.821 bits per heavy atom. The molecule has 0 fully saturated rings. The molecule has 1 aromatic heterocycles. The first-order valence-electron chi connectivity index (χ1n) is 8.38. The number of nitrogens with one attached hydrogen (secondary N) is 1. The number of alkyl halides is 3. The van der Waals surface area contributed by atoms with Gasteiger partial charge < -0.3 is 5.32 Å². The maximum absolute atomic E-state index is 13.3. The van der Waals surface area contributed by atoms with E-state index in [1.165, 1.54) is 18.2 Å². The van der Waals surface area contributed by atoms with Gasteiger partial charge in [-0.1, -0.05) is 54.1 Å². The van der Waals surface area contributed by atoms with E-state index in [4.69, 9.17) is 11.6 Å². The molecule has 0 bridgehead atoms. The lowest BCUT2D eigenvalue weighted by Crippen LogP contribution is -2.09. The van der Waals surface area contributed by atoms with Crippen LogP contribution in [0.1, 0.15) is 5.56 Å². The molecule has 28 heavy (non-hydrogen) atoms. The molecule has 4 aromatic rings. The Kier molecular flexibility index (Phi) is 4.65. The maximum atomic E-state index is 13.3. The molecular formula is C21H13ClF3N3. The van der Waals surface area contributed by atoms with Crippen molar-refractivity contribution in [1.29, 1.82) is 0 Å². The van der Waals surface area contributed by atoms with Crippen LogP contribution in [0, 0.1) is 0 Å². The first-order chi connectivity index (χ1) is 13.4. The van der Waals surface area contributed by atoms with E-state index in [9.17, 15) is 13.2 Å². The van der Waals surface area contributed by atoms with Gasteiger partial charge in [0, 0.05) is 16.0 Å². The third kappa shape index (κ3) is 3.64. The van der Waals surface area contributed by atoms with Gasteiger partial charge in [0.05, 0.1) is 22.5 Å². The molecule has 3 aromatic carbocycles. The van der Waals surface area contributed by atoms with Crippen LogP contribution < -0.4 is 5.32 Å². The molecule has 0 aliphatic rings. The molecule has 0 aliphatic heterocycles. The summed E-state index contributed by atoms with van der Waals surface area (Å²) in [5.41, 5.74) is 1.08. The highest BCUT2D eigenvalue weighted by Crippen LogP contribution is 2.36. The summed E-state index contributed by atoms with van der Waals surface area (Å²) in [4.78, 5) is 8.86. The Labute approximate surface area is 163 Å². The number of hydrogen-bond acceptors (Lipinski definition) is 3. The number of hydrogen-bond donors (Lipinski definition) is 1. The Morgan fingerprint density at radius 2 is 1.54 bits per heavy atom. The van der Waals surface area contributed by atoms with Crippen LogP contribution >= 0.6 is 11.6 Å². The number of anilines is 2. The van der Waals surface area contributed by atoms with Crippen molar-refractivity contribution in [2.75, 3.05) is 5.32 Å². The van der Waals surface area contributed by atoms with Crippen LogP contribution in [0.15, 0.2) is 72.8 Å². The molecule has 0 atom stereocenters. The molecule has 0 spiro atoms. The van der Waals surface area contributed by atoms with Crippen LogP contribution in [0.25, 0.3) is 22.2 Å². The van der Waals surface area contributed by atoms with Crippen LogP contribution in [0.2, 0.25) is 5.02 Å². The lowest BCUT2D eigenvalue weighted by molar-refractivity contribution is -0.136. The van der Waals surface area contributed by atoms with Crippen molar-refractivity contribution >= 4 is 34.1 Å². The summed E-state index contributed by atoms with van der Waals surface area (Å²) < 4.78 is 39.9. The normalized spacial score (nSPS) is 11.6. The zero-order chi connectivity index (χ0) is 19.7. The van der Waals surface area contributed by atoms with Crippen molar-refractivity contribution < 1.29 is 13.2 Å². The fraction of sp³-hybridized carbons (Fsp3) is 0.0476. The van der Waals surface area contributed by atoms with Gasteiger partial charge in [-0.05, 0) is 30.3 Å². The van der Waals surface area contributed by atoms with E-state index < -0.39 is 11.7 Å². The Bertz CT molecular complexity index is 1140. The molecule has 7 heteroatoms. The number of aromatic nitrogens is 2. The largest absolute Gasteiger partial charge is 0.418 e. The Hall–Kier alpha value is -3.12. The van der Waals surface area contributed by atoms with Gasteiger partial charge in [0.1, 0.15) is 0 Å². The standard InChI is InChI=1S/C21H13ClF3N3/c22-14-10-11-17-15(12-14)19(13-6-2-1-3-7-13)28-20(26-17)27-18-9-5-4-8-16(18)21(23,24)25/h1-12H,(H,26,27,28). The molecule has 0 amide bonds. The number of fused-ring (bicyclic) bond motifs is 1. The summed E-state index contributed by atoms with van der Waals surface area (Å²) in [5.74, 6) is 0.0744. The minimum Gasteiger partial charge on any atom is -0.324 e. The van der Waals surface area contributed by atoms with Crippen LogP contribution in [0.4, 0.5) is 24.8 Å². The summed E-state index contributed by atoms with van der Waals surface area (Å²) in [6.45, 7) is 0. The number of para-hydroxylation sites is 1. The minimum absolute atomic E-state index is 0.0744. The fourth-order valence-electron chi connectivity index (χ4n) is 2.93. The second kappa shape index (κ2) is 7.13. The molecule has 0 radical (unpaired) electrons. The first kappa shape index (κ1) is 18.3. The van der Waals surface area contributed by atoms with E-state index in [1.54, 1.807) is 18.2 Å². The van der Waals surface area contributed by atoms with E-state index in [2.05, 4.69) is 15.3 Å². The van der Waals surface area contributed by atoms with Crippen LogP contribution in [-0.2, 0) is 6.18 Å². The predicted molar refractivity (Wildman–Crippen MR) is 105 cm³/mol. The summed E-state index contributed by atoms with van der Waals surface area (Å²) in [5, 5.41) is 3.96. The lowest BCUT2D eigenvalue weighted by atomic mass is 10.1. The van der Waals surface area contributed by atoms with E-state index in [-0.39, 0.29) is 11.6 Å². The van der Waals surface area contributed by atoms with E-state index in [0.29, 0.717) is 21.6 Å². The van der Waals surface area contributed by atoms with Crippen LogP contribution in [0.5, 0.6) is 0 Å². The highest BCUT2D eigenvalue weighted by Gasteiger charge is 2.33. The monoisotopic (exact) mass is 399 g/mol. The second-order valence-corrected chi connectivity index (χ2v) is 6.53. The van der Waals surface area contributed by atoms with E-state index in [0.717, 1.165) is 11.6 Å². The van der Waals surface area contributed by atoms with Gasteiger partial charge in [-0.15, -0.1) is 0 Å². The zero-order valence-corrected chi connectivity index (χ0v) is 15.1. The molecule has 0 unspecified atom stereocenters.